The summed E-state index contributed by atoms with van der Waals surface area (Å²) in [7, 11) is 1.55. The van der Waals surface area contributed by atoms with E-state index in [1.165, 1.54) is 0 Å². The molecule has 0 fully saturated rings. The van der Waals surface area contributed by atoms with Crippen molar-refractivity contribution in [3.05, 3.63) is 0 Å². The van der Waals surface area contributed by atoms with Gasteiger partial charge in [0.05, 0.1) is 13.1 Å². The molecule has 0 aliphatic carbocycles. The minimum atomic E-state index is -0.114. The summed E-state index contributed by atoms with van der Waals surface area (Å²) >= 11 is 0. The second-order valence-corrected chi connectivity index (χ2v) is 1.47. The third kappa shape index (κ3) is 4.96. The Bertz CT molecular complexity index is 103. The molecular formula is C5H10N2O2. The lowest BCUT2D eigenvalue weighted by Gasteiger charge is -1.96. The van der Waals surface area contributed by atoms with Crippen molar-refractivity contribution < 1.29 is 9.59 Å². The molecule has 0 spiro atoms. The van der Waals surface area contributed by atoms with Gasteiger partial charge in [-0.25, -0.2) is 0 Å². The number of carbonyl (C=O) groups is 2. The number of hydrogen-bond acceptors (Lipinski definition) is 3. The molecule has 0 aliphatic heterocycles. The minimum absolute atomic E-state index is 0.114. The Morgan fingerprint density at radius 3 is 2.78 bits per heavy atom. The van der Waals surface area contributed by atoms with Gasteiger partial charge in [0.1, 0.15) is 6.29 Å². The molecule has 0 unspecified atom stereocenters. The Morgan fingerprint density at radius 1 is 1.67 bits per heavy atom. The van der Waals surface area contributed by atoms with Gasteiger partial charge in [-0.3, -0.25) is 4.79 Å². The van der Waals surface area contributed by atoms with Crippen molar-refractivity contribution >= 4 is 12.2 Å². The third-order valence-corrected chi connectivity index (χ3v) is 0.792. The van der Waals surface area contributed by atoms with E-state index in [2.05, 4.69) is 10.6 Å². The molecule has 0 atom stereocenters. The molecule has 0 aliphatic rings. The molecule has 0 aromatic rings. The maximum atomic E-state index is 10.4. The highest BCUT2D eigenvalue weighted by Crippen LogP contribution is 1.57. The van der Waals surface area contributed by atoms with Gasteiger partial charge >= 0.3 is 0 Å². The summed E-state index contributed by atoms with van der Waals surface area (Å²) < 4.78 is 0. The molecule has 1 amide bonds. The van der Waals surface area contributed by atoms with Crippen LogP contribution in [0.25, 0.3) is 0 Å². The highest BCUT2D eigenvalue weighted by Gasteiger charge is 1.92. The first-order valence-electron chi connectivity index (χ1n) is 2.66. The summed E-state index contributed by atoms with van der Waals surface area (Å²) in [5.74, 6) is -0.114. The van der Waals surface area contributed by atoms with E-state index in [0.717, 1.165) is 0 Å². The number of rotatable bonds is 4. The van der Waals surface area contributed by atoms with Gasteiger partial charge in [-0.05, 0) is 0 Å². The van der Waals surface area contributed by atoms with Crippen molar-refractivity contribution in [1.29, 1.82) is 0 Å². The lowest BCUT2D eigenvalue weighted by atomic mass is 10.5. The Kier molecular flexibility index (Phi) is 4.72. The van der Waals surface area contributed by atoms with Crippen LogP contribution in [0.2, 0.25) is 0 Å². The monoisotopic (exact) mass is 130 g/mol. The first kappa shape index (κ1) is 8.10. The molecule has 0 saturated heterocycles. The van der Waals surface area contributed by atoms with Crippen LogP contribution in [-0.2, 0) is 9.59 Å². The van der Waals surface area contributed by atoms with Crippen molar-refractivity contribution in [2.75, 3.05) is 20.1 Å². The number of nitrogens with one attached hydrogen (secondary N) is 2. The van der Waals surface area contributed by atoms with E-state index in [1.807, 2.05) is 0 Å². The Morgan fingerprint density at radius 2 is 2.33 bits per heavy atom. The number of likely N-dealkylation sites (N-methyl/N-ethyl adjacent to an activating group) is 1. The van der Waals surface area contributed by atoms with E-state index in [1.54, 1.807) is 7.05 Å². The molecular weight excluding hydrogens is 120 g/mol. The number of aldehydes is 1. The number of carbonyl (C=O) groups excluding carboxylic acids is 2. The zero-order valence-electron chi connectivity index (χ0n) is 5.31. The molecule has 0 bridgehead atoms. The molecule has 0 heterocycles. The highest BCUT2D eigenvalue weighted by atomic mass is 16.1. The van der Waals surface area contributed by atoms with Gasteiger partial charge in [0, 0.05) is 7.05 Å². The summed E-state index contributed by atoms with van der Waals surface area (Å²) in [6.07, 6.45) is 0.711. The van der Waals surface area contributed by atoms with E-state index in [0.29, 0.717) is 6.29 Å². The average molecular weight is 130 g/mol. The average Bonchev–Trinajstić information content (AvgIpc) is 1.89. The molecule has 0 aromatic carbocycles. The fraction of sp³-hybridized carbons (Fsp3) is 0.600. The second kappa shape index (κ2) is 5.24. The quantitative estimate of drug-likeness (QED) is 0.360. The zero-order valence-corrected chi connectivity index (χ0v) is 5.31. The Labute approximate surface area is 53.6 Å². The van der Waals surface area contributed by atoms with E-state index >= 15 is 0 Å². The fourth-order valence-corrected chi connectivity index (χ4v) is 0.333. The maximum Gasteiger partial charge on any atom is 0.233 e. The van der Waals surface area contributed by atoms with Crippen molar-refractivity contribution in [1.82, 2.24) is 10.6 Å². The van der Waals surface area contributed by atoms with Crippen LogP contribution >= 0.6 is 0 Å². The summed E-state index contributed by atoms with van der Waals surface area (Å²) in [4.78, 5) is 20.1. The van der Waals surface area contributed by atoms with Crippen molar-refractivity contribution in [2.24, 2.45) is 0 Å². The molecule has 0 aromatic heterocycles. The van der Waals surface area contributed by atoms with Crippen LogP contribution in [0.5, 0.6) is 0 Å². The van der Waals surface area contributed by atoms with Gasteiger partial charge < -0.3 is 15.4 Å². The Balaban J connectivity index is 3.06. The molecule has 0 rings (SSSR count). The molecule has 2 N–H and O–H groups in total. The van der Waals surface area contributed by atoms with Gasteiger partial charge in [0.2, 0.25) is 5.91 Å². The van der Waals surface area contributed by atoms with Gasteiger partial charge in [-0.2, -0.15) is 0 Å². The lowest BCUT2D eigenvalue weighted by Crippen LogP contribution is -2.32. The topological polar surface area (TPSA) is 58.2 Å². The van der Waals surface area contributed by atoms with Crippen LogP contribution in [0.3, 0.4) is 0 Å². The minimum Gasteiger partial charge on any atom is -0.358 e. The molecule has 4 heteroatoms. The fourth-order valence-electron chi connectivity index (χ4n) is 0.333. The lowest BCUT2D eigenvalue weighted by molar-refractivity contribution is -0.119. The van der Waals surface area contributed by atoms with Crippen LogP contribution in [0, 0.1) is 0 Å². The van der Waals surface area contributed by atoms with Crippen LogP contribution in [0.15, 0.2) is 0 Å². The molecule has 0 radical (unpaired) electrons. The van der Waals surface area contributed by atoms with Gasteiger partial charge in [0.25, 0.3) is 0 Å². The number of hydrogen-bond donors (Lipinski definition) is 2. The standard InChI is InChI=1S/C5H10N2O2/c1-6-5(9)4-7-2-3-8/h3,7H,2,4H2,1H3,(H,6,9). The van der Waals surface area contributed by atoms with Gasteiger partial charge in [-0.1, -0.05) is 0 Å². The molecule has 52 valence electrons. The summed E-state index contributed by atoms with van der Waals surface area (Å²) in [5.41, 5.74) is 0. The van der Waals surface area contributed by atoms with Crippen LogP contribution in [0.1, 0.15) is 0 Å². The normalized spacial score (nSPS) is 8.56. The van der Waals surface area contributed by atoms with E-state index in [9.17, 15) is 9.59 Å². The van der Waals surface area contributed by atoms with Crippen molar-refractivity contribution in [3.8, 4) is 0 Å². The van der Waals surface area contributed by atoms with Crippen molar-refractivity contribution in [2.45, 2.75) is 0 Å². The van der Waals surface area contributed by atoms with E-state index in [-0.39, 0.29) is 19.0 Å². The van der Waals surface area contributed by atoms with Crippen LogP contribution < -0.4 is 10.6 Å². The van der Waals surface area contributed by atoms with Crippen LogP contribution in [-0.4, -0.2) is 32.3 Å². The van der Waals surface area contributed by atoms with Gasteiger partial charge in [0.15, 0.2) is 0 Å². The summed E-state index contributed by atoms with van der Waals surface area (Å²) in [6.45, 7) is 0.433. The largest absolute Gasteiger partial charge is 0.358 e. The SMILES string of the molecule is CNC(=O)CNCC=O. The summed E-state index contributed by atoms with van der Waals surface area (Å²) in [5, 5.41) is 5.01. The van der Waals surface area contributed by atoms with Crippen molar-refractivity contribution in [3.63, 3.8) is 0 Å². The Hall–Kier alpha value is -0.900. The molecule has 4 nitrogen and oxygen atoms in total. The van der Waals surface area contributed by atoms with E-state index in [4.69, 9.17) is 0 Å². The second-order valence-electron chi connectivity index (χ2n) is 1.47. The maximum absolute atomic E-state index is 10.4. The molecule has 0 saturated carbocycles. The smallest absolute Gasteiger partial charge is 0.233 e. The summed E-state index contributed by atoms with van der Waals surface area (Å²) in [6, 6.07) is 0. The third-order valence-electron chi connectivity index (χ3n) is 0.792. The van der Waals surface area contributed by atoms with Gasteiger partial charge in [-0.15, -0.1) is 0 Å². The first-order chi connectivity index (χ1) is 4.31. The van der Waals surface area contributed by atoms with Crippen LogP contribution in [0.4, 0.5) is 0 Å². The molecule has 9 heavy (non-hydrogen) atoms. The highest BCUT2D eigenvalue weighted by molar-refractivity contribution is 5.77. The first-order valence-corrected chi connectivity index (χ1v) is 2.66. The van der Waals surface area contributed by atoms with E-state index < -0.39 is 0 Å². The number of amides is 1. The predicted octanol–water partition coefficient (Wildman–Crippen LogP) is -1.48. The predicted molar refractivity (Wildman–Crippen MR) is 33.0 cm³/mol. The zero-order chi connectivity index (χ0) is 7.11.